The highest BCUT2D eigenvalue weighted by Crippen LogP contribution is 2.34. The van der Waals surface area contributed by atoms with E-state index < -0.39 is 0 Å². The number of hydrogen-bond acceptors (Lipinski definition) is 1. The van der Waals surface area contributed by atoms with Crippen molar-refractivity contribution in [2.75, 3.05) is 11.9 Å². The molecule has 2 aromatic rings. The number of hydrogen-bond donors (Lipinski definition) is 1. The fourth-order valence-corrected chi connectivity index (χ4v) is 2.82. The Morgan fingerprint density at radius 2 is 1.58 bits per heavy atom. The molecule has 0 aromatic heterocycles. The Balaban J connectivity index is 2.07. The van der Waals surface area contributed by atoms with Crippen molar-refractivity contribution in [1.29, 1.82) is 0 Å². The number of rotatable bonds is 4. The zero-order valence-corrected chi connectivity index (χ0v) is 12.7. The van der Waals surface area contributed by atoms with Crippen LogP contribution in [0.25, 0.3) is 0 Å². The third kappa shape index (κ3) is 3.79. The second kappa shape index (κ2) is 6.51. The Bertz CT molecular complexity index is 532. The summed E-state index contributed by atoms with van der Waals surface area (Å²) in [6.07, 6.45) is 0. The van der Waals surface area contributed by atoms with E-state index in [0.717, 1.165) is 12.2 Å². The van der Waals surface area contributed by atoms with Gasteiger partial charge in [-0.25, -0.2) is 0 Å². The lowest BCUT2D eigenvalue weighted by atomic mass is 10.0. The molecule has 0 heterocycles. The molecule has 0 spiro atoms. The summed E-state index contributed by atoms with van der Waals surface area (Å²) in [5.74, 6) is 0.365. The number of halogens is 3. The summed E-state index contributed by atoms with van der Waals surface area (Å²) >= 11 is 18.1. The van der Waals surface area contributed by atoms with Crippen molar-refractivity contribution in [3.63, 3.8) is 0 Å². The molecule has 1 atom stereocenters. The van der Waals surface area contributed by atoms with Crippen molar-refractivity contribution in [3.8, 4) is 0 Å². The molecule has 4 heteroatoms. The van der Waals surface area contributed by atoms with Gasteiger partial charge in [-0.15, -0.1) is 0 Å². The monoisotopic (exact) mass is 313 g/mol. The largest absolute Gasteiger partial charge is 0.382 e. The molecule has 1 unspecified atom stereocenters. The van der Waals surface area contributed by atoms with Gasteiger partial charge in [0.05, 0.1) is 15.7 Å². The summed E-state index contributed by atoms with van der Waals surface area (Å²) in [6.45, 7) is 2.91. The van der Waals surface area contributed by atoms with Crippen LogP contribution in [0.1, 0.15) is 18.4 Å². The Morgan fingerprint density at radius 1 is 1.00 bits per heavy atom. The van der Waals surface area contributed by atoms with Gasteiger partial charge in [0.15, 0.2) is 0 Å². The van der Waals surface area contributed by atoms with Crippen LogP contribution < -0.4 is 5.32 Å². The third-order valence-electron chi connectivity index (χ3n) is 2.96. The Hall–Kier alpha value is -0.890. The lowest BCUT2D eigenvalue weighted by Gasteiger charge is -2.16. The average Bonchev–Trinajstić information content (AvgIpc) is 2.38. The molecule has 2 rings (SSSR count). The SMILES string of the molecule is CC(CNc1c(Cl)cc(Cl)cc1Cl)c1ccccc1. The van der Waals surface area contributed by atoms with Gasteiger partial charge < -0.3 is 5.32 Å². The highest BCUT2D eigenvalue weighted by atomic mass is 35.5. The van der Waals surface area contributed by atoms with Crippen molar-refractivity contribution >= 4 is 40.5 Å². The van der Waals surface area contributed by atoms with Crippen LogP contribution in [0.3, 0.4) is 0 Å². The first-order valence-electron chi connectivity index (χ1n) is 6.01. The highest BCUT2D eigenvalue weighted by Gasteiger charge is 2.10. The third-order valence-corrected chi connectivity index (χ3v) is 3.77. The van der Waals surface area contributed by atoms with Gasteiger partial charge in [-0.3, -0.25) is 0 Å². The second-order valence-corrected chi connectivity index (χ2v) is 5.69. The molecule has 0 saturated heterocycles. The molecule has 0 aliphatic heterocycles. The minimum Gasteiger partial charge on any atom is -0.382 e. The zero-order chi connectivity index (χ0) is 13.8. The first kappa shape index (κ1) is 14.5. The fraction of sp³-hybridized carbons (Fsp3) is 0.200. The molecular weight excluding hydrogens is 301 g/mol. The van der Waals surface area contributed by atoms with E-state index in [1.165, 1.54) is 5.56 Å². The second-order valence-electron chi connectivity index (χ2n) is 4.44. The Morgan fingerprint density at radius 3 is 2.16 bits per heavy atom. The average molecular weight is 315 g/mol. The molecule has 0 radical (unpaired) electrons. The van der Waals surface area contributed by atoms with Gasteiger partial charge in [0.25, 0.3) is 0 Å². The van der Waals surface area contributed by atoms with E-state index in [2.05, 4.69) is 24.4 Å². The van der Waals surface area contributed by atoms with Crippen molar-refractivity contribution in [2.24, 2.45) is 0 Å². The van der Waals surface area contributed by atoms with Crippen molar-refractivity contribution in [2.45, 2.75) is 12.8 Å². The van der Waals surface area contributed by atoms with E-state index in [1.807, 2.05) is 18.2 Å². The van der Waals surface area contributed by atoms with Gasteiger partial charge in [-0.1, -0.05) is 72.1 Å². The highest BCUT2D eigenvalue weighted by molar-refractivity contribution is 6.41. The molecule has 1 N–H and O–H groups in total. The molecule has 0 amide bonds. The van der Waals surface area contributed by atoms with Crippen LogP contribution in [0.5, 0.6) is 0 Å². The normalized spacial score (nSPS) is 12.2. The predicted octanol–water partition coefficient (Wildman–Crippen LogP) is 5.86. The van der Waals surface area contributed by atoms with Gasteiger partial charge >= 0.3 is 0 Å². The van der Waals surface area contributed by atoms with E-state index in [-0.39, 0.29) is 0 Å². The molecule has 0 bridgehead atoms. The van der Waals surface area contributed by atoms with Gasteiger partial charge in [0.2, 0.25) is 0 Å². The lowest BCUT2D eigenvalue weighted by Crippen LogP contribution is -2.10. The number of anilines is 1. The van der Waals surface area contributed by atoms with E-state index in [4.69, 9.17) is 34.8 Å². The Labute approximate surface area is 128 Å². The maximum Gasteiger partial charge on any atom is 0.0720 e. The van der Waals surface area contributed by atoms with E-state index >= 15 is 0 Å². The fourth-order valence-electron chi connectivity index (χ4n) is 1.87. The molecule has 0 aliphatic rings. The first-order chi connectivity index (χ1) is 9.08. The quantitative estimate of drug-likeness (QED) is 0.745. The number of nitrogens with one attached hydrogen (secondary N) is 1. The molecule has 0 saturated carbocycles. The summed E-state index contributed by atoms with van der Waals surface area (Å²) in [4.78, 5) is 0. The summed E-state index contributed by atoms with van der Waals surface area (Å²) in [7, 11) is 0. The van der Waals surface area contributed by atoms with Crippen molar-refractivity contribution in [3.05, 3.63) is 63.1 Å². The van der Waals surface area contributed by atoms with Gasteiger partial charge in [0, 0.05) is 11.6 Å². The predicted molar refractivity (Wildman–Crippen MR) is 84.8 cm³/mol. The van der Waals surface area contributed by atoms with Gasteiger partial charge in [-0.05, 0) is 23.6 Å². The molecule has 100 valence electrons. The summed E-state index contributed by atoms with van der Waals surface area (Å²) in [6, 6.07) is 13.7. The maximum atomic E-state index is 6.13. The first-order valence-corrected chi connectivity index (χ1v) is 7.14. The topological polar surface area (TPSA) is 12.0 Å². The lowest BCUT2D eigenvalue weighted by molar-refractivity contribution is 0.805. The van der Waals surface area contributed by atoms with E-state index in [9.17, 15) is 0 Å². The van der Waals surface area contributed by atoms with Crippen molar-refractivity contribution in [1.82, 2.24) is 0 Å². The Kier molecular flexibility index (Phi) is 4.98. The smallest absolute Gasteiger partial charge is 0.0720 e. The zero-order valence-electron chi connectivity index (χ0n) is 10.5. The molecule has 19 heavy (non-hydrogen) atoms. The summed E-state index contributed by atoms with van der Waals surface area (Å²) < 4.78 is 0. The van der Waals surface area contributed by atoms with Crippen LogP contribution >= 0.6 is 34.8 Å². The van der Waals surface area contributed by atoms with Gasteiger partial charge in [-0.2, -0.15) is 0 Å². The van der Waals surface area contributed by atoms with E-state index in [0.29, 0.717) is 21.0 Å². The molecule has 0 aliphatic carbocycles. The van der Waals surface area contributed by atoms with Crippen LogP contribution in [0.4, 0.5) is 5.69 Å². The van der Waals surface area contributed by atoms with Crippen LogP contribution in [0.2, 0.25) is 15.1 Å². The molecular formula is C15H14Cl3N. The van der Waals surface area contributed by atoms with Crippen LogP contribution in [-0.2, 0) is 0 Å². The van der Waals surface area contributed by atoms with Crippen LogP contribution in [0.15, 0.2) is 42.5 Å². The minimum atomic E-state index is 0.365. The van der Waals surface area contributed by atoms with Crippen LogP contribution in [-0.4, -0.2) is 6.54 Å². The van der Waals surface area contributed by atoms with Gasteiger partial charge in [0.1, 0.15) is 0 Å². The molecule has 2 aromatic carbocycles. The minimum absolute atomic E-state index is 0.365. The number of benzene rings is 2. The molecule has 1 nitrogen and oxygen atoms in total. The van der Waals surface area contributed by atoms with Crippen LogP contribution in [0, 0.1) is 0 Å². The van der Waals surface area contributed by atoms with Crippen molar-refractivity contribution < 1.29 is 0 Å². The maximum absolute atomic E-state index is 6.13. The van der Waals surface area contributed by atoms with E-state index in [1.54, 1.807) is 12.1 Å². The summed E-state index contributed by atoms with van der Waals surface area (Å²) in [5, 5.41) is 4.90. The standard InChI is InChI=1S/C15H14Cl3N/c1-10(11-5-3-2-4-6-11)9-19-15-13(17)7-12(16)8-14(15)18/h2-8,10,19H,9H2,1H3. The molecule has 0 fully saturated rings. The summed E-state index contributed by atoms with van der Waals surface area (Å²) in [5.41, 5.74) is 2.01.